The second-order valence-electron chi connectivity index (χ2n) is 4.60. The molecule has 0 saturated carbocycles. The van der Waals surface area contributed by atoms with Crippen LogP contribution in [0, 0.1) is 11.3 Å². The third kappa shape index (κ3) is 2.75. The number of amides is 1. The van der Waals surface area contributed by atoms with Crippen LogP contribution in [0.15, 0.2) is 17.7 Å². The van der Waals surface area contributed by atoms with Gasteiger partial charge in [-0.1, -0.05) is 0 Å². The quantitative estimate of drug-likeness (QED) is 0.669. The molecular formula is C15H16N2O3. The van der Waals surface area contributed by atoms with Gasteiger partial charge in [0.15, 0.2) is 0 Å². The summed E-state index contributed by atoms with van der Waals surface area (Å²) in [6, 6.07) is 5.46. The van der Waals surface area contributed by atoms with Crippen molar-refractivity contribution < 1.29 is 14.3 Å². The van der Waals surface area contributed by atoms with Crippen LogP contribution in [-0.4, -0.2) is 18.6 Å². The maximum atomic E-state index is 11.1. The van der Waals surface area contributed by atoms with Crippen LogP contribution < -0.4 is 15.2 Å². The molecule has 104 valence electrons. The normalized spacial score (nSPS) is 17.1. The van der Waals surface area contributed by atoms with E-state index in [-0.39, 0.29) is 11.7 Å². The van der Waals surface area contributed by atoms with Gasteiger partial charge in [-0.05, 0) is 32.1 Å². The lowest BCUT2D eigenvalue weighted by Crippen LogP contribution is -2.12. The highest BCUT2D eigenvalue weighted by molar-refractivity contribution is 6.00. The summed E-state index contributed by atoms with van der Waals surface area (Å²) in [6.07, 6.45) is 2.37. The number of rotatable bonds is 4. The Morgan fingerprint density at radius 3 is 3.00 bits per heavy atom. The Kier molecular flexibility index (Phi) is 3.94. The third-order valence-corrected chi connectivity index (χ3v) is 3.01. The standard InChI is InChI=1S/C15H16N2O3/c1-3-19-13-6-10-4-9(2)20-14(10)7-11(13)5-12(8-16)15(17)18/h5-7,9H,3-4H2,1-2H3,(H2,17,18). The van der Waals surface area contributed by atoms with Crippen LogP contribution >= 0.6 is 0 Å². The van der Waals surface area contributed by atoms with Crippen molar-refractivity contribution >= 4 is 12.0 Å². The van der Waals surface area contributed by atoms with Gasteiger partial charge in [0, 0.05) is 17.5 Å². The average molecular weight is 272 g/mol. The van der Waals surface area contributed by atoms with Gasteiger partial charge in [0.1, 0.15) is 29.2 Å². The summed E-state index contributed by atoms with van der Waals surface area (Å²) >= 11 is 0. The summed E-state index contributed by atoms with van der Waals surface area (Å²) in [6.45, 7) is 4.35. The number of hydrogen-bond acceptors (Lipinski definition) is 4. The number of nitriles is 1. The number of primary amides is 1. The summed E-state index contributed by atoms with van der Waals surface area (Å²) in [5, 5.41) is 8.92. The van der Waals surface area contributed by atoms with Crippen molar-refractivity contribution in [2.45, 2.75) is 26.4 Å². The van der Waals surface area contributed by atoms with E-state index in [1.165, 1.54) is 6.08 Å². The Morgan fingerprint density at radius 2 is 2.40 bits per heavy atom. The van der Waals surface area contributed by atoms with Gasteiger partial charge < -0.3 is 15.2 Å². The van der Waals surface area contributed by atoms with E-state index in [0.29, 0.717) is 17.9 Å². The van der Waals surface area contributed by atoms with Gasteiger partial charge in [-0.15, -0.1) is 0 Å². The fraction of sp³-hybridized carbons (Fsp3) is 0.333. The number of fused-ring (bicyclic) bond motifs is 1. The number of hydrogen-bond donors (Lipinski definition) is 1. The van der Waals surface area contributed by atoms with Gasteiger partial charge in [0.2, 0.25) is 0 Å². The minimum atomic E-state index is -0.760. The maximum absolute atomic E-state index is 11.1. The van der Waals surface area contributed by atoms with E-state index in [2.05, 4.69) is 0 Å². The van der Waals surface area contributed by atoms with E-state index >= 15 is 0 Å². The lowest BCUT2D eigenvalue weighted by molar-refractivity contribution is -0.114. The van der Waals surface area contributed by atoms with Crippen LogP contribution in [0.5, 0.6) is 11.5 Å². The Morgan fingerprint density at radius 1 is 1.65 bits per heavy atom. The van der Waals surface area contributed by atoms with E-state index in [4.69, 9.17) is 20.5 Å². The molecule has 0 spiro atoms. The van der Waals surface area contributed by atoms with Crippen LogP contribution in [0.4, 0.5) is 0 Å². The van der Waals surface area contributed by atoms with E-state index < -0.39 is 5.91 Å². The predicted octanol–water partition coefficient (Wildman–Crippen LogP) is 1.80. The Hall–Kier alpha value is -2.48. The molecule has 0 radical (unpaired) electrons. The van der Waals surface area contributed by atoms with Crippen LogP contribution in [0.1, 0.15) is 25.0 Å². The first-order chi connectivity index (χ1) is 9.55. The molecule has 1 aliphatic heterocycles. The minimum absolute atomic E-state index is 0.114. The van der Waals surface area contributed by atoms with Crippen LogP contribution in [0.25, 0.3) is 6.08 Å². The molecule has 0 bridgehead atoms. The Bertz CT molecular complexity index is 614. The number of nitrogens with zero attached hydrogens (tertiary/aromatic N) is 1. The van der Waals surface area contributed by atoms with Crippen molar-refractivity contribution in [3.63, 3.8) is 0 Å². The van der Waals surface area contributed by atoms with E-state index in [9.17, 15) is 4.79 Å². The zero-order chi connectivity index (χ0) is 14.7. The van der Waals surface area contributed by atoms with Crippen molar-refractivity contribution in [2.75, 3.05) is 6.61 Å². The molecule has 0 fully saturated rings. The van der Waals surface area contributed by atoms with Crippen molar-refractivity contribution in [1.29, 1.82) is 5.26 Å². The minimum Gasteiger partial charge on any atom is -0.493 e. The molecule has 2 rings (SSSR count). The molecule has 1 unspecified atom stereocenters. The molecule has 1 amide bonds. The van der Waals surface area contributed by atoms with Gasteiger partial charge in [0.05, 0.1) is 6.61 Å². The molecule has 5 heteroatoms. The van der Waals surface area contributed by atoms with E-state index in [0.717, 1.165) is 17.7 Å². The summed E-state index contributed by atoms with van der Waals surface area (Å²) in [4.78, 5) is 11.1. The van der Waals surface area contributed by atoms with Gasteiger partial charge in [-0.25, -0.2) is 0 Å². The first kappa shape index (κ1) is 13.9. The number of carbonyl (C=O) groups is 1. The number of carbonyl (C=O) groups excluding carboxylic acids is 1. The third-order valence-electron chi connectivity index (χ3n) is 3.01. The molecular weight excluding hydrogens is 256 g/mol. The molecule has 2 N–H and O–H groups in total. The van der Waals surface area contributed by atoms with E-state index in [1.807, 2.05) is 19.9 Å². The van der Waals surface area contributed by atoms with Crippen LogP contribution in [-0.2, 0) is 11.2 Å². The first-order valence-corrected chi connectivity index (χ1v) is 6.43. The largest absolute Gasteiger partial charge is 0.493 e. The average Bonchev–Trinajstić information content (AvgIpc) is 2.74. The highest BCUT2D eigenvalue weighted by atomic mass is 16.5. The van der Waals surface area contributed by atoms with Gasteiger partial charge in [0.25, 0.3) is 5.91 Å². The van der Waals surface area contributed by atoms with Gasteiger partial charge >= 0.3 is 0 Å². The summed E-state index contributed by atoms with van der Waals surface area (Å²) in [5.74, 6) is 0.622. The molecule has 1 heterocycles. The molecule has 1 aromatic carbocycles. The molecule has 1 aliphatic rings. The van der Waals surface area contributed by atoms with Gasteiger partial charge in [-0.2, -0.15) is 5.26 Å². The lowest BCUT2D eigenvalue weighted by atomic mass is 10.0. The summed E-state index contributed by atoms with van der Waals surface area (Å²) in [5.41, 5.74) is 6.72. The molecule has 20 heavy (non-hydrogen) atoms. The van der Waals surface area contributed by atoms with Gasteiger partial charge in [-0.3, -0.25) is 4.79 Å². The second-order valence-corrected chi connectivity index (χ2v) is 4.60. The molecule has 1 atom stereocenters. The molecule has 0 aromatic heterocycles. The lowest BCUT2D eigenvalue weighted by Gasteiger charge is -2.10. The maximum Gasteiger partial charge on any atom is 0.259 e. The highest BCUT2D eigenvalue weighted by Crippen LogP contribution is 2.36. The second kappa shape index (κ2) is 5.66. The number of benzene rings is 1. The molecule has 0 aliphatic carbocycles. The smallest absolute Gasteiger partial charge is 0.259 e. The monoisotopic (exact) mass is 272 g/mol. The zero-order valence-electron chi connectivity index (χ0n) is 11.5. The number of ether oxygens (including phenoxy) is 2. The molecule has 1 aromatic rings. The predicted molar refractivity (Wildman–Crippen MR) is 74.2 cm³/mol. The molecule has 0 saturated heterocycles. The van der Waals surface area contributed by atoms with Crippen molar-refractivity contribution in [2.24, 2.45) is 5.73 Å². The van der Waals surface area contributed by atoms with Crippen molar-refractivity contribution in [3.8, 4) is 17.6 Å². The first-order valence-electron chi connectivity index (χ1n) is 6.43. The topological polar surface area (TPSA) is 85.3 Å². The SMILES string of the molecule is CCOc1cc2c(cc1C=C(C#N)C(N)=O)OC(C)C2. The fourth-order valence-electron chi connectivity index (χ4n) is 2.16. The Balaban J connectivity index is 2.49. The fourth-order valence-corrected chi connectivity index (χ4v) is 2.16. The number of nitrogens with two attached hydrogens (primary N) is 1. The van der Waals surface area contributed by atoms with Crippen molar-refractivity contribution in [3.05, 3.63) is 28.8 Å². The molecule has 5 nitrogen and oxygen atoms in total. The zero-order valence-corrected chi connectivity index (χ0v) is 11.5. The van der Waals surface area contributed by atoms with Crippen molar-refractivity contribution in [1.82, 2.24) is 0 Å². The van der Waals surface area contributed by atoms with Crippen LogP contribution in [0.3, 0.4) is 0 Å². The van der Waals surface area contributed by atoms with E-state index in [1.54, 1.807) is 12.1 Å². The van der Waals surface area contributed by atoms with Crippen LogP contribution in [0.2, 0.25) is 0 Å². The Labute approximate surface area is 117 Å². The summed E-state index contributed by atoms with van der Waals surface area (Å²) in [7, 11) is 0. The summed E-state index contributed by atoms with van der Waals surface area (Å²) < 4.78 is 11.2. The highest BCUT2D eigenvalue weighted by Gasteiger charge is 2.21.